The molecule has 0 spiro atoms. The van der Waals surface area contributed by atoms with Crippen LogP contribution < -0.4 is 5.73 Å². The lowest BCUT2D eigenvalue weighted by Gasteiger charge is -2.12. The van der Waals surface area contributed by atoms with Crippen molar-refractivity contribution >= 4 is 0 Å². The predicted octanol–water partition coefficient (Wildman–Crippen LogP) is 3.15. The van der Waals surface area contributed by atoms with Crippen molar-refractivity contribution in [1.29, 1.82) is 0 Å². The monoisotopic (exact) mass is 242 g/mol. The molecule has 1 aromatic carbocycles. The van der Waals surface area contributed by atoms with Crippen LogP contribution in [0.3, 0.4) is 0 Å². The van der Waals surface area contributed by atoms with Gasteiger partial charge in [0.25, 0.3) is 0 Å². The van der Waals surface area contributed by atoms with Gasteiger partial charge in [0.1, 0.15) is 0 Å². The molecule has 3 heteroatoms. The Kier molecular flexibility index (Phi) is 2.84. The average Bonchev–Trinajstić information content (AvgIpc) is 3.23. The summed E-state index contributed by atoms with van der Waals surface area (Å²) in [5, 5.41) is 0. The summed E-state index contributed by atoms with van der Waals surface area (Å²) in [6.45, 7) is 0. The molecular formula is C15H15FN2. The van der Waals surface area contributed by atoms with Gasteiger partial charge in [-0.15, -0.1) is 0 Å². The third-order valence-corrected chi connectivity index (χ3v) is 3.39. The summed E-state index contributed by atoms with van der Waals surface area (Å²) < 4.78 is 13.9. The van der Waals surface area contributed by atoms with E-state index in [4.69, 9.17) is 5.73 Å². The Morgan fingerprint density at radius 2 is 1.83 bits per heavy atom. The Bertz CT molecular complexity index is 550. The van der Waals surface area contributed by atoms with Gasteiger partial charge in [0, 0.05) is 5.56 Å². The maximum Gasteiger partial charge on any atom is 0.216 e. The highest BCUT2D eigenvalue weighted by atomic mass is 19.1. The fourth-order valence-electron chi connectivity index (χ4n) is 2.16. The molecular weight excluding hydrogens is 227 g/mol. The Labute approximate surface area is 106 Å². The summed E-state index contributed by atoms with van der Waals surface area (Å²) in [5.41, 5.74) is 8.37. The van der Waals surface area contributed by atoms with Gasteiger partial charge < -0.3 is 5.73 Å². The average molecular weight is 242 g/mol. The van der Waals surface area contributed by atoms with E-state index in [9.17, 15) is 4.39 Å². The van der Waals surface area contributed by atoms with Crippen LogP contribution in [0.1, 0.15) is 41.6 Å². The van der Waals surface area contributed by atoms with E-state index in [-0.39, 0.29) is 12.0 Å². The first-order valence-electron chi connectivity index (χ1n) is 6.22. The van der Waals surface area contributed by atoms with Crippen LogP contribution in [0, 0.1) is 5.95 Å². The summed E-state index contributed by atoms with van der Waals surface area (Å²) in [5.74, 6) is 0.0147. The van der Waals surface area contributed by atoms with E-state index in [0.717, 1.165) is 24.0 Å². The quantitative estimate of drug-likeness (QED) is 0.840. The summed E-state index contributed by atoms with van der Waals surface area (Å²) in [4.78, 5) is 4.02. The molecule has 0 aliphatic heterocycles. The van der Waals surface area contributed by atoms with Gasteiger partial charge in [0.05, 0.1) is 11.7 Å². The molecule has 0 saturated heterocycles. The van der Waals surface area contributed by atoms with Crippen molar-refractivity contribution in [3.05, 3.63) is 65.2 Å². The minimum atomic E-state index is -0.367. The number of benzene rings is 1. The second-order valence-electron chi connectivity index (χ2n) is 4.78. The number of pyridine rings is 1. The van der Waals surface area contributed by atoms with E-state index in [1.54, 1.807) is 0 Å². The summed E-state index contributed by atoms with van der Waals surface area (Å²) in [6, 6.07) is 12.9. The topological polar surface area (TPSA) is 38.9 Å². The zero-order chi connectivity index (χ0) is 12.5. The van der Waals surface area contributed by atoms with Crippen LogP contribution in [-0.2, 0) is 0 Å². The number of rotatable bonds is 3. The van der Waals surface area contributed by atoms with E-state index in [1.165, 1.54) is 0 Å². The van der Waals surface area contributed by atoms with Gasteiger partial charge in [0.15, 0.2) is 0 Å². The largest absolute Gasteiger partial charge is 0.319 e. The van der Waals surface area contributed by atoms with Crippen molar-refractivity contribution in [2.45, 2.75) is 24.8 Å². The van der Waals surface area contributed by atoms with Gasteiger partial charge in [-0.25, -0.2) is 4.98 Å². The van der Waals surface area contributed by atoms with Crippen molar-refractivity contribution in [1.82, 2.24) is 4.98 Å². The van der Waals surface area contributed by atoms with Crippen LogP contribution in [0.15, 0.2) is 42.5 Å². The van der Waals surface area contributed by atoms with Crippen molar-refractivity contribution in [2.24, 2.45) is 5.73 Å². The highest BCUT2D eigenvalue weighted by molar-refractivity contribution is 5.30. The van der Waals surface area contributed by atoms with E-state index in [2.05, 4.69) is 4.98 Å². The van der Waals surface area contributed by atoms with E-state index < -0.39 is 0 Å². The number of hydrogen-bond donors (Lipinski definition) is 1. The normalized spacial score (nSPS) is 16.6. The van der Waals surface area contributed by atoms with Gasteiger partial charge in [-0.05, 0) is 30.4 Å². The Morgan fingerprint density at radius 3 is 2.44 bits per heavy atom. The zero-order valence-corrected chi connectivity index (χ0v) is 10.0. The van der Waals surface area contributed by atoms with Crippen LogP contribution in [-0.4, -0.2) is 4.98 Å². The van der Waals surface area contributed by atoms with Gasteiger partial charge in [-0.2, -0.15) is 4.39 Å². The zero-order valence-electron chi connectivity index (χ0n) is 10.0. The minimum Gasteiger partial charge on any atom is -0.319 e. The van der Waals surface area contributed by atoms with Crippen LogP contribution >= 0.6 is 0 Å². The fourth-order valence-corrected chi connectivity index (χ4v) is 2.16. The molecule has 2 aromatic rings. The first-order chi connectivity index (χ1) is 8.75. The standard InChI is InChI=1S/C15H15FN2/c16-15-12(10-6-7-10)8-9-13(18-15)14(17)11-4-2-1-3-5-11/h1-5,8-10,14H,6-7,17H2/t14-/m0/s1. The predicted molar refractivity (Wildman–Crippen MR) is 68.6 cm³/mol. The van der Waals surface area contributed by atoms with Gasteiger partial charge in [-0.1, -0.05) is 36.4 Å². The van der Waals surface area contributed by atoms with Crippen LogP contribution in [0.25, 0.3) is 0 Å². The van der Waals surface area contributed by atoms with Crippen LogP contribution in [0.4, 0.5) is 4.39 Å². The van der Waals surface area contributed by atoms with Crippen LogP contribution in [0.5, 0.6) is 0 Å². The first kappa shape index (κ1) is 11.4. The number of nitrogens with two attached hydrogens (primary N) is 1. The molecule has 18 heavy (non-hydrogen) atoms. The Morgan fingerprint density at radius 1 is 1.11 bits per heavy atom. The fraction of sp³-hybridized carbons (Fsp3) is 0.267. The molecule has 0 amide bonds. The minimum absolute atomic E-state index is 0.360. The molecule has 0 bridgehead atoms. The van der Waals surface area contributed by atoms with Crippen molar-refractivity contribution in [2.75, 3.05) is 0 Å². The van der Waals surface area contributed by atoms with Gasteiger partial charge in [0.2, 0.25) is 5.95 Å². The summed E-state index contributed by atoms with van der Waals surface area (Å²) in [6.07, 6.45) is 2.14. The molecule has 1 aliphatic rings. The van der Waals surface area contributed by atoms with Crippen LogP contribution in [0.2, 0.25) is 0 Å². The molecule has 1 fully saturated rings. The number of halogens is 1. The molecule has 1 heterocycles. The second kappa shape index (κ2) is 4.50. The number of nitrogens with zero attached hydrogens (tertiary/aromatic N) is 1. The Balaban J connectivity index is 1.90. The van der Waals surface area contributed by atoms with Gasteiger partial charge in [-0.3, -0.25) is 0 Å². The third kappa shape index (κ3) is 2.14. The number of aromatic nitrogens is 1. The lowest BCUT2D eigenvalue weighted by atomic mass is 10.0. The smallest absolute Gasteiger partial charge is 0.216 e. The molecule has 1 aromatic heterocycles. The SMILES string of the molecule is N[C@@H](c1ccccc1)c1ccc(C2CC2)c(F)n1. The maximum absolute atomic E-state index is 13.9. The molecule has 1 saturated carbocycles. The molecule has 0 radical (unpaired) electrons. The molecule has 2 nitrogen and oxygen atoms in total. The molecule has 1 atom stereocenters. The molecule has 3 rings (SSSR count). The highest BCUT2D eigenvalue weighted by Gasteiger charge is 2.27. The maximum atomic E-state index is 13.9. The van der Waals surface area contributed by atoms with Crippen molar-refractivity contribution in [3.8, 4) is 0 Å². The van der Waals surface area contributed by atoms with Crippen molar-refractivity contribution in [3.63, 3.8) is 0 Å². The highest BCUT2D eigenvalue weighted by Crippen LogP contribution is 2.41. The van der Waals surface area contributed by atoms with E-state index in [1.807, 2.05) is 42.5 Å². The Hall–Kier alpha value is -1.74. The lowest BCUT2D eigenvalue weighted by Crippen LogP contribution is -2.14. The third-order valence-electron chi connectivity index (χ3n) is 3.39. The molecule has 1 aliphatic carbocycles. The molecule has 2 N–H and O–H groups in total. The molecule has 92 valence electrons. The van der Waals surface area contributed by atoms with Gasteiger partial charge >= 0.3 is 0 Å². The summed E-state index contributed by atoms with van der Waals surface area (Å²) >= 11 is 0. The molecule has 0 unspecified atom stereocenters. The first-order valence-corrected chi connectivity index (χ1v) is 6.22. The van der Waals surface area contributed by atoms with E-state index >= 15 is 0 Å². The van der Waals surface area contributed by atoms with Crippen molar-refractivity contribution < 1.29 is 4.39 Å². The summed E-state index contributed by atoms with van der Waals surface area (Å²) in [7, 11) is 0. The number of hydrogen-bond acceptors (Lipinski definition) is 2. The second-order valence-corrected chi connectivity index (χ2v) is 4.78. The lowest BCUT2D eigenvalue weighted by molar-refractivity contribution is 0.556. The van der Waals surface area contributed by atoms with E-state index in [0.29, 0.717) is 11.6 Å².